The number of rotatable bonds is 3. The monoisotopic (exact) mass is 745 g/mol. The number of hydrogen-bond acceptors (Lipinski definition) is 3. The lowest BCUT2D eigenvalue weighted by Crippen LogP contribution is -2.26. The molecule has 0 atom stereocenters. The summed E-state index contributed by atoms with van der Waals surface area (Å²) in [5, 5.41) is 0. The Morgan fingerprint density at radius 1 is 0.276 bits per heavy atom. The second-order valence-electron chi connectivity index (χ2n) is 15.0. The molecule has 0 radical (unpaired) electrons. The van der Waals surface area contributed by atoms with E-state index in [0.717, 1.165) is 16.7 Å². The predicted molar refractivity (Wildman–Crippen MR) is 240 cm³/mol. The highest BCUT2D eigenvalue weighted by Gasteiger charge is 2.51. The summed E-state index contributed by atoms with van der Waals surface area (Å²) in [6.45, 7) is 6.36. The highest BCUT2D eigenvalue weighted by molar-refractivity contribution is 5.95. The molecule has 3 nitrogen and oxygen atoms in total. The van der Waals surface area contributed by atoms with Gasteiger partial charge in [0.15, 0.2) is 17.5 Å². The van der Waals surface area contributed by atoms with Gasteiger partial charge in [0.1, 0.15) is 0 Å². The smallest absolute Gasteiger partial charge is 0.164 e. The molecule has 8 aromatic carbocycles. The molecule has 58 heavy (non-hydrogen) atoms. The first kappa shape index (κ1) is 36.4. The second-order valence-corrected chi connectivity index (χ2v) is 15.0. The summed E-state index contributed by atoms with van der Waals surface area (Å²) in [4.78, 5) is 15.1. The molecule has 0 saturated carbocycles. The number of benzene rings is 8. The summed E-state index contributed by atoms with van der Waals surface area (Å²) in [7, 11) is 0. The van der Waals surface area contributed by atoms with E-state index < -0.39 is 5.41 Å². The zero-order valence-electron chi connectivity index (χ0n) is 33.0. The fraction of sp³-hybridized carbons (Fsp3) is 0.0727. The quantitative estimate of drug-likeness (QED) is 0.181. The molecular formula is C55H43N3. The Morgan fingerprint density at radius 2 is 0.638 bits per heavy atom. The molecule has 11 rings (SSSR count). The standard InChI is InChI=1S/C41H27N3.2C7H8/c1-26-20-22-32-33-23-21-29(40-43-38(27-12-4-2-5-13-27)42-39(44-40)28-14-6-3-7-15-28)25-37(33)41(36(32)24-26)34-18-10-8-16-30(34)31-17-9-11-19-35(31)41;2*1-7-5-3-2-4-6-7/h2-25H,1H3;2*2-6H,1H3. The largest absolute Gasteiger partial charge is 0.208 e. The van der Waals surface area contributed by atoms with E-state index in [4.69, 9.17) is 15.0 Å². The third-order valence-electron chi connectivity index (χ3n) is 11.1. The van der Waals surface area contributed by atoms with Crippen LogP contribution in [0.15, 0.2) is 206 Å². The maximum atomic E-state index is 5.07. The Balaban J connectivity index is 0.000000263. The van der Waals surface area contributed by atoms with Crippen LogP contribution in [-0.4, -0.2) is 15.0 Å². The summed E-state index contributed by atoms with van der Waals surface area (Å²) < 4.78 is 0. The van der Waals surface area contributed by atoms with Crippen molar-refractivity contribution in [3.8, 4) is 56.4 Å². The lowest BCUT2D eigenvalue weighted by atomic mass is 9.70. The van der Waals surface area contributed by atoms with Crippen molar-refractivity contribution in [3.63, 3.8) is 0 Å². The van der Waals surface area contributed by atoms with Gasteiger partial charge in [-0.3, -0.25) is 0 Å². The molecule has 1 aromatic heterocycles. The molecule has 9 aromatic rings. The minimum atomic E-state index is -0.419. The number of aryl methyl sites for hydroxylation is 3. The van der Waals surface area contributed by atoms with Crippen molar-refractivity contribution in [2.75, 3.05) is 0 Å². The highest BCUT2D eigenvalue weighted by Crippen LogP contribution is 2.63. The second kappa shape index (κ2) is 15.7. The lowest BCUT2D eigenvalue weighted by molar-refractivity contribution is 0.792. The van der Waals surface area contributed by atoms with Crippen LogP contribution in [0.2, 0.25) is 0 Å². The van der Waals surface area contributed by atoms with Gasteiger partial charge < -0.3 is 0 Å². The third kappa shape index (κ3) is 6.71. The molecule has 0 bridgehead atoms. The minimum absolute atomic E-state index is 0.419. The van der Waals surface area contributed by atoms with Gasteiger partial charge in [-0.2, -0.15) is 0 Å². The first-order valence-electron chi connectivity index (χ1n) is 19.9. The van der Waals surface area contributed by atoms with Crippen LogP contribution >= 0.6 is 0 Å². The van der Waals surface area contributed by atoms with Crippen LogP contribution in [0.4, 0.5) is 0 Å². The number of aromatic nitrogens is 3. The Hall–Kier alpha value is -7.23. The Kier molecular flexibility index (Phi) is 9.87. The molecule has 1 heterocycles. The van der Waals surface area contributed by atoms with Crippen LogP contribution in [0, 0.1) is 20.8 Å². The van der Waals surface area contributed by atoms with Gasteiger partial charge in [-0.15, -0.1) is 0 Å². The lowest BCUT2D eigenvalue weighted by Gasteiger charge is -2.30. The van der Waals surface area contributed by atoms with Gasteiger partial charge in [-0.05, 0) is 71.3 Å². The topological polar surface area (TPSA) is 38.7 Å². The molecule has 3 heteroatoms. The van der Waals surface area contributed by atoms with Crippen LogP contribution in [0.3, 0.4) is 0 Å². The van der Waals surface area contributed by atoms with Gasteiger partial charge in [0.05, 0.1) is 5.41 Å². The molecule has 0 unspecified atom stereocenters. The van der Waals surface area contributed by atoms with Crippen molar-refractivity contribution in [2.45, 2.75) is 26.2 Å². The van der Waals surface area contributed by atoms with Crippen molar-refractivity contribution in [1.82, 2.24) is 15.0 Å². The zero-order valence-corrected chi connectivity index (χ0v) is 33.0. The summed E-state index contributed by atoms with van der Waals surface area (Å²) >= 11 is 0. The average molecular weight is 746 g/mol. The van der Waals surface area contributed by atoms with E-state index in [2.05, 4.69) is 154 Å². The van der Waals surface area contributed by atoms with Crippen molar-refractivity contribution in [3.05, 3.63) is 245 Å². The van der Waals surface area contributed by atoms with Crippen LogP contribution < -0.4 is 0 Å². The maximum absolute atomic E-state index is 5.07. The predicted octanol–water partition coefficient (Wildman–Crippen LogP) is 13.5. The molecule has 0 saturated heterocycles. The van der Waals surface area contributed by atoms with E-state index in [1.807, 2.05) is 72.8 Å². The fourth-order valence-corrected chi connectivity index (χ4v) is 8.40. The normalized spacial score (nSPS) is 12.2. The highest BCUT2D eigenvalue weighted by atomic mass is 15.0. The van der Waals surface area contributed by atoms with E-state index in [9.17, 15) is 0 Å². The fourth-order valence-electron chi connectivity index (χ4n) is 8.40. The van der Waals surface area contributed by atoms with E-state index >= 15 is 0 Å². The van der Waals surface area contributed by atoms with E-state index in [1.165, 1.54) is 61.2 Å². The van der Waals surface area contributed by atoms with Crippen molar-refractivity contribution < 1.29 is 0 Å². The number of hydrogen-bond donors (Lipinski definition) is 0. The van der Waals surface area contributed by atoms with Gasteiger partial charge >= 0.3 is 0 Å². The molecule has 0 fully saturated rings. The van der Waals surface area contributed by atoms with Gasteiger partial charge in [-0.25, -0.2) is 15.0 Å². The van der Waals surface area contributed by atoms with E-state index in [0.29, 0.717) is 17.5 Å². The Labute approximate surface area is 341 Å². The number of fused-ring (bicyclic) bond motifs is 10. The molecule has 1 spiro atoms. The molecular weight excluding hydrogens is 703 g/mol. The molecule has 0 aliphatic heterocycles. The maximum Gasteiger partial charge on any atom is 0.164 e. The zero-order chi connectivity index (χ0) is 39.5. The van der Waals surface area contributed by atoms with Crippen molar-refractivity contribution >= 4 is 0 Å². The van der Waals surface area contributed by atoms with E-state index in [-0.39, 0.29) is 0 Å². The van der Waals surface area contributed by atoms with Crippen LogP contribution in [0.5, 0.6) is 0 Å². The van der Waals surface area contributed by atoms with Gasteiger partial charge in [0.25, 0.3) is 0 Å². The average Bonchev–Trinajstić information content (AvgIpc) is 3.74. The van der Waals surface area contributed by atoms with Crippen LogP contribution in [-0.2, 0) is 5.41 Å². The van der Waals surface area contributed by atoms with Crippen LogP contribution in [0.25, 0.3) is 56.4 Å². The molecule has 2 aliphatic carbocycles. The van der Waals surface area contributed by atoms with Gasteiger partial charge in [0, 0.05) is 16.7 Å². The summed E-state index contributed by atoms with van der Waals surface area (Å²) in [5.74, 6) is 2.00. The van der Waals surface area contributed by atoms with Crippen molar-refractivity contribution in [2.24, 2.45) is 0 Å². The molecule has 2 aliphatic rings. The van der Waals surface area contributed by atoms with Crippen LogP contribution in [0.1, 0.15) is 38.9 Å². The van der Waals surface area contributed by atoms with Gasteiger partial charge in [0.2, 0.25) is 0 Å². The molecule has 0 amide bonds. The first-order valence-corrected chi connectivity index (χ1v) is 19.9. The van der Waals surface area contributed by atoms with E-state index in [1.54, 1.807) is 0 Å². The Morgan fingerprint density at radius 3 is 1.09 bits per heavy atom. The van der Waals surface area contributed by atoms with Crippen molar-refractivity contribution in [1.29, 1.82) is 0 Å². The Bertz CT molecular complexity index is 2710. The molecule has 278 valence electrons. The molecule has 0 N–H and O–H groups in total. The summed E-state index contributed by atoms with van der Waals surface area (Å²) in [6.07, 6.45) is 0. The first-order chi connectivity index (χ1) is 28.5. The SMILES string of the molecule is Cc1ccc2c(c1)C1(c3ccccc3-c3ccccc31)c1cc(-c3nc(-c4ccccc4)nc(-c4ccccc4)n3)ccc1-2.Cc1ccccc1.Cc1ccccc1. The van der Waals surface area contributed by atoms with Gasteiger partial charge in [-0.1, -0.05) is 217 Å². The minimum Gasteiger partial charge on any atom is -0.208 e. The summed E-state index contributed by atoms with van der Waals surface area (Å²) in [5.41, 5.74) is 16.8. The summed E-state index contributed by atoms with van der Waals surface area (Å²) in [6, 6.07) is 72.4. The third-order valence-corrected chi connectivity index (χ3v) is 11.1. The number of nitrogens with zero attached hydrogens (tertiary/aromatic N) is 3.